The SMILES string of the molecule is COc1ccc(F)cc1C(=O)NCc1cnn(-c2ccc(Cl)cc2)c1. The van der Waals surface area contributed by atoms with Crippen molar-refractivity contribution in [1.82, 2.24) is 15.1 Å². The van der Waals surface area contributed by atoms with E-state index in [4.69, 9.17) is 16.3 Å². The van der Waals surface area contributed by atoms with Crippen LogP contribution in [0.15, 0.2) is 54.9 Å². The second-order valence-electron chi connectivity index (χ2n) is 5.30. The van der Waals surface area contributed by atoms with Crippen LogP contribution >= 0.6 is 11.6 Å². The van der Waals surface area contributed by atoms with Gasteiger partial charge >= 0.3 is 0 Å². The lowest BCUT2D eigenvalue weighted by Gasteiger charge is -2.08. The van der Waals surface area contributed by atoms with Crippen molar-refractivity contribution in [3.05, 3.63) is 76.8 Å². The van der Waals surface area contributed by atoms with E-state index in [0.717, 1.165) is 17.3 Å². The highest BCUT2D eigenvalue weighted by molar-refractivity contribution is 6.30. The Bertz CT molecular complexity index is 894. The highest BCUT2D eigenvalue weighted by Crippen LogP contribution is 2.19. The molecule has 3 rings (SSSR count). The summed E-state index contributed by atoms with van der Waals surface area (Å²) in [4.78, 5) is 12.3. The Labute approximate surface area is 149 Å². The van der Waals surface area contributed by atoms with Crippen LogP contribution in [-0.4, -0.2) is 22.8 Å². The average molecular weight is 360 g/mol. The van der Waals surface area contributed by atoms with Crippen LogP contribution in [0.5, 0.6) is 5.75 Å². The van der Waals surface area contributed by atoms with E-state index in [1.807, 2.05) is 12.1 Å². The molecular formula is C18H15ClFN3O2. The lowest BCUT2D eigenvalue weighted by atomic mass is 10.1. The number of aromatic nitrogens is 2. The molecule has 7 heteroatoms. The number of nitrogens with one attached hydrogen (secondary N) is 1. The minimum absolute atomic E-state index is 0.146. The molecule has 0 unspecified atom stereocenters. The molecule has 0 fully saturated rings. The van der Waals surface area contributed by atoms with Gasteiger partial charge in [-0.3, -0.25) is 4.79 Å². The zero-order chi connectivity index (χ0) is 17.8. The molecule has 2 aromatic carbocycles. The van der Waals surface area contributed by atoms with Crippen molar-refractivity contribution in [3.63, 3.8) is 0 Å². The molecule has 0 aliphatic rings. The zero-order valence-electron chi connectivity index (χ0n) is 13.4. The molecule has 25 heavy (non-hydrogen) atoms. The molecule has 1 aromatic heterocycles. The summed E-state index contributed by atoms with van der Waals surface area (Å²) >= 11 is 5.87. The van der Waals surface area contributed by atoms with E-state index in [1.165, 1.54) is 19.2 Å². The number of carbonyl (C=O) groups is 1. The number of amides is 1. The fraction of sp³-hybridized carbons (Fsp3) is 0.111. The molecule has 0 aliphatic carbocycles. The van der Waals surface area contributed by atoms with Crippen molar-refractivity contribution in [2.45, 2.75) is 6.54 Å². The molecule has 0 saturated carbocycles. The molecule has 0 atom stereocenters. The summed E-state index contributed by atoms with van der Waals surface area (Å²) in [5.41, 5.74) is 1.81. The second kappa shape index (κ2) is 7.36. The largest absolute Gasteiger partial charge is 0.496 e. The molecule has 3 aromatic rings. The van der Waals surface area contributed by atoms with Crippen molar-refractivity contribution in [3.8, 4) is 11.4 Å². The van der Waals surface area contributed by atoms with Crippen molar-refractivity contribution < 1.29 is 13.9 Å². The standard InChI is InChI=1S/C18H15ClFN3O2/c1-25-17-7-4-14(20)8-16(17)18(24)21-9-12-10-22-23(11-12)15-5-2-13(19)3-6-15/h2-8,10-11H,9H2,1H3,(H,21,24). The number of hydrogen-bond acceptors (Lipinski definition) is 3. The third-order valence-electron chi connectivity index (χ3n) is 3.59. The van der Waals surface area contributed by atoms with Gasteiger partial charge in [0.15, 0.2) is 0 Å². The molecule has 128 valence electrons. The lowest BCUT2D eigenvalue weighted by Crippen LogP contribution is -2.23. The first kappa shape index (κ1) is 17.0. The van der Waals surface area contributed by atoms with Crippen molar-refractivity contribution in [2.75, 3.05) is 7.11 Å². The first-order chi connectivity index (χ1) is 12.1. The number of methoxy groups -OCH3 is 1. The van der Waals surface area contributed by atoms with Gasteiger partial charge in [-0.1, -0.05) is 11.6 Å². The zero-order valence-corrected chi connectivity index (χ0v) is 14.1. The van der Waals surface area contributed by atoms with Crippen LogP contribution in [0.3, 0.4) is 0 Å². The Morgan fingerprint density at radius 3 is 2.76 bits per heavy atom. The third-order valence-corrected chi connectivity index (χ3v) is 3.84. The number of ether oxygens (including phenoxy) is 1. The Balaban J connectivity index is 1.69. The third kappa shape index (κ3) is 3.97. The molecule has 0 aliphatic heterocycles. The highest BCUT2D eigenvalue weighted by Gasteiger charge is 2.13. The fourth-order valence-electron chi connectivity index (χ4n) is 2.32. The lowest BCUT2D eigenvalue weighted by molar-refractivity contribution is 0.0947. The van der Waals surface area contributed by atoms with Gasteiger partial charge in [0.05, 0.1) is 24.6 Å². The minimum Gasteiger partial charge on any atom is -0.496 e. The minimum atomic E-state index is -0.499. The van der Waals surface area contributed by atoms with Gasteiger partial charge in [-0.2, -0.15) is 5.10 Å². The molecule has 1 N–H and O–H groups in total. The summed E-state index contributed by atoms with van der Waals surface area (Å²) in [6.45, 7) is 0.256. The maximum atomic E-state index is 13.4. The summed E-state index contributed by atoms with van der Waals surface area (Å²) in [7, 11) is 1.43. The van der Waals surface area contributed by atoms with Gasteiger partial charge in [-0.25, -0.2) is 9.07 Å². The van der Waals surface area contributed by atoms with E-state index in [9.17, 15) is 9.18 Å². The smallest absolute Gasteiger partial charge is 0.255 e. The van der Waals surface area contributed by atoms with Gasteiger partial charge in [0.2, 0.25) is 0 Å². The van der Waals surface area contributed by atoms with Crippen LogP contribution in [0.2, 0.25) is 5.02 Å². The Morgan fingerprint density at radius 2 is 2.04 bits per heavy atom. The molecule has 0 radical (unpaired) electrons. The van der Waals surface area contributed by atoms with Gasteiger partial charge in [0.25, 0.3) is 5.91 Å². The van der Waals surface area contributed by atoms with Gasteiger partial charge < -0.3 is 10.1 Å². The predicted molar refractivity (Wildman–Crippen MR) is 92.7 cm³/mol. The van der Waals surface area contributed by atoms with Crippen molar-refractivity contribution in [2.24, 2.45) is 0 Å². The van der Waals surface area contributed by atoms with Crippen LogP contribution in [0.1, 0.15) is 15.9 Å². The summed E-state index contributed by atoms with van der Waals surface area (Å²) in [5.74, 6) is -0.604. The number of rotatable bonds is 5. The average Bonchev–Trinajstić information content (AvgIpc) is 3.09. The maximum absolute atomic E-state index is 13.4. The molecule has 1 heterocycles. The van der Waals surface area contributed by atoms with Crippen molar-refractivity contribution >= 4 is 17.5 Å². The van der Waals surface area contributed by atoms with Crippen LogP contribution in [0.25, 0.3) is 5.69 Å². The van der Waals surface area contributed by atoms with E-state index in [-0.39, 0.29) is 12.1 Å². The normalized spacial score (nSPS) is 10.5. The van der Waals surface area contributed by atoms with Crippen LogP contribution in [0.4, 0.5) is 4.39 Å². The number of nitrogens with zero attached hydrogens (tertiary/aromatic N) is 2. The van der Waals surface area contributed by atoms with E-state index >= 15 is 0 Å². The number of hydrogen-bond donors (Lipinski definition) is 1. The molecule has 0 saturated heterocycles. The Hall–Kier alpha value is -2.86. The summed E-state index contributed by atoms with van der Waals surface area (Å²) in [6.07, 6.45) is 3.45. The molecule has 1 amide bonds. The van der Waals surface area contributed by atoms with Gasteiger partial charge in [0, 0.05) is 23.3 Å². The number of benzene rings is 2. The van der Waals surface area contributed by atoms with E-state index in [2.05, 4.69) is 10.4 Å². The molecule has 5 nitrogen and oxygen atoms in total. The number of halogens is 2. The summed E-state index contributed by atoms with van der Waals surface area (Å²) < 4.78 is 20.1. The maximum Gasteiger partial charge on any atom is 0.255 e. The van der Waals surface area contributed by atoms with Crippen LogP contribution < -0.4 is 10.1 Å². The highest BCUT2D eigenvalue weighted by atomic mass is 35.5. The van der Waals surface area contributed by atoms with E-state index in [0.29, 0.717) is 10.8 Å². The first-order valence-electron chi connectivity index (χ1n) is 7.48. The topological polar surface area (TPSA) is 56.1 Å². The Kier molecular flexibility index (Phi) is 5.00. The molecular weight excluding hydrogens is 345 g/mol. The number of carbonyl (C=O) groups excluding carboxylic acids is 1. The summed E-state index contributed by atoms with van der Waals surface area (Å²) in [5, 5.41) is 7.63. The Morgan fingerprint density at radius 1 is 1.28 bits per heavy atom. The monoisotopic (exact) mass is 359 g/mol. The first-order valence-corrected chi connectivity index (χ1v) is 7.86. The molecule has 0 bridgehead atoms. The van der Waals surface area contributed by atoms with Crippen LogP contribution in [-0.2, 0) is 6.54 Å². The van der Waals surface area contributed by atoms with E-state index in [1.54, 1.807) is 29.2 Å². The summed E-state index contributed by atoms with van der Waals surface area (Å²) in [6, 6.07) is 11.0. The van der Waals surface area contributed by atoms with E-state index < -0.39 is 11.7 Å². The van der Waals surface area contributed by atoms with Gasteiger partial charge in [-0.05, 0) is 42.5 Å². The van der Waals surface area contributed by atoms with Gasteiger partial charge in [-0.15, -0.1) is 0 Å². The second-order valence-corrected chi connectivity index (χ2v) is 5.73. The van der Waals surface area contributed by atoms with Crippen molar-refractivity contribution in [1.29, 1.82) is 0 Å². The van der Waals surface area contributed by atoms with Crippen LogP contribution in [0, 0.1) is 5.82 Å². The fourth-order valence-corrected chi connectivity index (χ4v) is 2.45. The molecule has 0 spiro atoms. The quantitative estimate of drug-likeness (QED) is 0.757. The predicted octanol–water partition coefficient (Wildman–Crippen LogP) is 3.60. The van der Waals surface area contributed by atoms with Gasteiger partial charge in [0.1, 0.15) is 11.6 Å².